The summed E-state index contributed by atoms with van der Waals surface area (Å²) >= 11 is 4.66. The van der Waals surface area contributed by atoms with Crippen LogP contribution in [0.4, 0.5) is 0 Å². The fourth-order valence-electron chi connectivity index (χ4n) is 0.710. The van der Waals surface area contributed by atoms with E-state index in [1.807, 2.05) is 0 Å². The summed E-state index contributed by atoms with van der Waals surface area (Å²) in [7, 11) is 0. The van der Waals surface area contributed by atoms with Crippen LogP contribution in [-0.4, -0.2) is 18.8 Å². The molecule has 0 aromatic rings. The number of hydrogen-bond acceptors (Lipinski definition) is 2. The molecule has 38 valence electrons. The summed E-state index contributed by atoms with van der Waals surface area (Å²) in [4.78, 5) is 0. The molecule has 1 atom stereocenters. The van der Waals surface area contributed by atoms with Gasteiger partial charge in [-0.2, -0.15) is 0 Å². The Balaban J connectivity index is 2.26. The predicted molar refractivity (Wildman–Crippen MR) is 32.3 cm³/mol. The molecular formula is C4H7BOS. The van der Waals surface area contributed by atoms with Gasteiger partial charge >= 0.3 is 48.4 Å². The van der Waals surface area contributed by atoms with Crippen LogP contribution in [0.25, 0.3) is 0 Å². The normalized spacial score (nSPS) is 30.0. The summed E-state index contributed by atoms with van der Waals surface area (Å²) < 4.78 is 5.14. The van der Waals surface area contributed by atoms with Crippen molar-refractivity contribution in [1.29, 1.82) is 0 Å². The monoisotopic (exact) mass is 114 g/mol. The van der Waals surface area contributed by atoms with Gasteiger partial charge in [0.25, 0.3) is 0 Å². The molecular weight excluding hydrogens is 107 g/mol. The first-order valence-corrected chi connectivity index (χ1v) is 2.97. The van der Waals surface area contributed by atoms with Gasteiger partial charge in [0.05, 0.1) is 0 Å². The summed E-state index contributed by atoms with van der Waals surface area (Å²) in [5.41, 5.74) is 0. The molecule has 0 bridgehead atoms. The van der Waals surface area contributed by atoms with Gasteiger partial charge in [-0.25, -0.2) is 0 Å². The molecule has 0 aromatic carbocycles. The van der Waals surface area contributed by atoms with Gasteiger partial charge in [-0.3, -0.25) is 0 Å². The van der Waals surface area contributed by atoms with Crippen LogP contribution in [0.1, 0.15) is 12.8 Å². The average Bonchev–Trinajstić information content (AvgIpc) is 2.14. The molecule has 1 aliphatic heterocycles. The summed E-state index contributed by atoms with van der Waals surface area (Å²) in [5, 5.41) is 0. The predicted octanol–water partition coefficient (Wildman–Crippen LogP) is 0.940. The van der Waals surface area contributed by atoms with Crippen LogP contribution in [-0.2, 0) is 4.74 Å². The third kappa shape index (κ3) is 1.32. The first-order chi connectivity index (χ1) is 3.43. The van der Waals surface area contributed by atoms with Gasteiger partial charge in [0.1, 0.15) is 0 Å². The van der Waals surface area contributed by atoms with Crippen LogP contribution < -0.4 is 0 Å². The van der Waals surface area contributed by atoms with E-state index in [1.54, 1.807) is 6.15 Å². The van der Waals surface area contributed by atoms with Gasteiger partial charge in [0, 0.05) is 0 Å². The van der Waals surface area contributed by atoms with Gasteiger partial charge in [-0.1, -0.05) is 0 Å². The molecule has 0 aromatic heterocycles. The van der Waals surface area contributed by atoms with Gasteiger partial charge in [-0.05, 0) is 0 Å². The van der Waals surface area contributed by atoms with Crippen LogP contribution >= 0.6 is 12.1 Å². The Hall–Kier alpha value is 0.245. The van der Waals surface area contributed by atoms with E-state index in [0.717, 1.165) is 13.0 Å². The second-order valence-electron chi connectivity index (χ2n) is 1.69. The van der Waals surface area contributed by atoms with E-state index in [-0.39, 0.29) is 6.00 Å². The molecule has 0 saturated carbocycles. The minimum absolute atomic E-state index is 0.287. The Kier molecular flexibility index (Phi) is 1.94. The molecule has 1 saturated heterocycles. The van der Waals surface area contributed by atoms with E-state index >= 15 is 0 Å². The molecule has 0 spiro atoms. The molecule has 1 fully saturated rings. The van der Waals surface area contributed by atoms with Crippen LogP contribution in [0.3, 0.4) is 0 Å². The Morgan fingerprint density at radius 1 is 1.71 bits per heavy atom. The van der Waals surface area contributed by atoms with Crippen molar-refractivity contribution in [1.82, 2.24) is 0 Å². The van der Waals surface area contributed by atoms with Crippen LogP contribution in [0, 0.1) is 0 Å². The quantitative estimate of drug-likeness (QED) is 0.469. The van der Waals surface area contributed by atoms with E-state index in [9.17, 15) is 0 Å². The second-order valence-corrected chi connectivity index (χ2v) is 1.96. The maximum atomic E-state index is 5.14. The molecule has 1 nitrogen and oxygen atoms in total. The fraction of sp³-hybridized carbons (Fsp3) is 1.00. The second kappa shape index (κ2) is 2.53. The summed E-state index contributed by atoms with van der Waals surface area (Å²) in [6.07, 6.45) is 4.01. The van der Waals surface area contributed by atoms with Crippen LogP contribution in [0.15, 0.2) is 0 Å². The molecule has 7 heavy (non-hydrogen) atoms. The van der Waals surface area contributed by atoms with Crippen LogP contribution in [0.5, 0.6) is 0 Å². The van der Waals surface area contributed by atoms with Crippen molar-refractivity contribution in [3.63, 3.8) is 0 Å². The summed E-state index contributed by atoms with van der Waals surface area (Å²) in [6.45, 7) is 0.901. The van der Waals surface area contributed by atoms with Crippen molar-refractivity contribution in [2.75, 3.05) is 6.61 Å². The number of rotatable bonds is 1. The number of ether oxygens (including phenoxy) is 1. The zero-order valence-electron chi connectivity index (χ0n) is 4.09. The minimum atomic E-state index is 0.287. The summed E-state index contributed by atoms with van der Waals surface area (Å²) in [6, 6.07) is 0.287. The van der Waals surface area contributed by atoms with Gasteiger partial charge < -0.3 is 0 Å². The zero-order valence-corrected chi connectivity index (χ0v) is 4.91. The average molecular weight is 114 g/mol. The molecule has 0 aliphatic carbocycles. The Bertz CT molecular complexity index is 70.1. The van der Waals surface area contributed by atoms with Crippen molar-refractivity contribution >= 4 is 18.2 Å². The van der Waals surface area contributed by atoms with Gasteiger partial charge in [0.2, 0.25) is 0 Å². The zero-order chi connectivity index (χ0) is 5.11. The standard InChI is InChI=1S/C4H7BOS/c7-5-4-2-1-3-6-4/h4H,1-3H2. The van der Waals surface area contributed by atoms with Crippen molar-refractivity contribution in [2.24, 2.45) is 0 Å². The summed E-state index contributed by atoms with van der Waals surface area (Å²) in [5.74, 6) is 0. The molecule has 0 N–H and O–H groups in total. The van der Waals surface area contributed by atoms with Gasteiger partial charge in [-0.15, -0.1) is 0 Å². The molecule has 1 unspecified atom stereocenters. The molecule has 0 radical (unpaired) electrons. The van der Waals surface area contributed by atoms with Gasteiger partial charge in [0.15, 0.2) is 0 Å². The number of hydrogen-bond donors (Lipinski definition) is 0. The third-order valence-electron chi connectivity index (χ3n) is 1.12. The molecule has 1 aliphatic rings. The third-order valence-corrected chi connectivity index (χ3v) is 1.42. The Morgan fingerprint density at radius 3 is 2.86 bits per heavy atom. The first-order valence-electron chi connectivity index (χ1n) is 2.50. The van der Waals surface area contributed by atoms with E-state index < -0.39 is 0 Å². The van der Waals surface area contributed by atoms with E-state index in [1.165, 1.54) is 6.42 Å². The molecule has 1 rings (SSSR count). The SMILES string of the molecule is S=BC1CCCO1. The maximum absolute atomic E-state index is 5.14. The Labute approximate surface area is 49.2 Å². The Morgan fingerprint density at radius 2 is 2.57 bits per heavy atom. The molecule has 1 heterocycles. The topological polar surface area (TPSA) is 9.23 Å². The fourth-order valence-corrected chi connectivity index (χ4v) is 0.925. The van der Waals surface area contributed by atoms with E-state index in [4.69, 9.17) is 4.74 Å². The van der Waals surface area contributed by atoms with Crippen molar-refractivity contribution in [3.05, 3.63) is 0 Å². The van der Waals surface area contributed by atoms with Crippen molar-refractivity contribution in [2.45, 2.75) is 18.8 Å². The van der Waals surface area contributed by atoms with E-state index in [2.05, 4.69) is 12.1 Å². The van der Waals surface area contributed by atoms with E-state index in [0.29, 0.717) is 0 Å². The van der Waals surface area contributed by atoms with Crippen LogP contribution in [0.2, 0.25) is 0 Å². The van der Waals surface area contributed by atoms with Crippen molar-refractivity contribution in [3.8, 4) is 0 Å². The van der Waals surface area contributed by atoms with Crippen molar-refractivity contribution < 1.29 is 4.74 Å². The first kappa shape index (κ1) is 5.38. The molecule has 0 amide bonds. The molecule has 3 heteroatoms.